The summed E-state index contributed by atoms with van der Waals surface area (Å²) in [6, 6.07) is 0.776. The molecule has 1 aliphatic carbocycles. The first-order valence-electron chi connectivity index (χ1n) is 6.81. The number of carbonyl (C=O) groups excluding carboxylic acids is 1. The highest BCUT2D eigenvalue weighted by molar-refractivity contribution is 5.85. The van der Waals surface area contributed by atoms with Crippen LogP contribution in [-0.2, 0) is 4.79 Å². The van der Waals surface area contributed by atoms with Crippen molar-refractivity contribution in [3.8, 4) is 0 Å². The van der Waals surface area contributed by atoms with Crippen LogP contribution in [0, 0.1) is 0 Å². The summed E-state index contributed by atoms with van der Waals surface area (Å²) in [7, 11) is 0. The van der Waals surface area contributed by atoms with Crippen LogP contribution in [0.2, 0.25) is 0 Å². The summed E-state index contributed by atoms with van der Waals surface area (Å²) in [5.41, 5.74) is 5.14. The normalized spacial score (nSPS) is 24.3. The number of amides is 1. The zero-order chi connectivity index (χ0) is 12.5. The fourth-order valence-electron chi connectivity index (χ4n) is 2.97. The van der Waals surface area contributed by atoms with Crippen LogP contribution in [0.5, 0.6) is 0 Å². The molecule has 1 saturated heterocycles. The van der Waals surface area contributed by atoms with E-state index in [0.29, 0.717) is 0 Å². The lowest BCUT2D eigenvalue weighted by atomic mass is 10.0. The first-order valence-corrected chi connectivity index (χ1v) is 6.81. The van der Waals surface area contributed by atoms with Crippen LogP contribution in [0.15, 0.2) is 0 Å². The van der Waals surface area contributed by atoms with Gasteiger partial charge in [0.25, 0.3) is 0 Å². The summed E-state index contributed by atoms with van der Waals surface area (Å²) in [5, 5.41) is 0. The van der Waals surface area contributed by atoms with Crippen molar-refractivity contribution in [2.24, 2.45) is 5.73 Å². The lowest BCUT2D eigenvalue weighted by Crippen LogP contribution is -2.58. The van der Waals surface area contributed by atoms with Crippen LogP contribution < -0.4 is 5.73 Å². The highest BCUT2D eigenvalue weighted by atomic mass is 16.2. The van der Waals surface area contributed by atoms with Gasteiger partial charge in [-0.25, -0.2) is 0 Å². The maximum absolute atomic E-state index is 12.0. The molecule has 4 nitrogen and oxygen atoms in total. The van der Waals surface area contributed by atoms with Crippen molar-refractivity contribution < 1.29 is 4.79 Å². The molecule has 0 unspecified atom stereocenters. The second-order valence-electron chi connectivity index (χ2n) is 5.99. The van der Waals surface area contributed by atoms with Crippen LogP contribution in [0.1, 0.15) is 39.5 Å². The number of nitrogens with zero attached hydrogens (tertiary/aromatic N) is 2. The highest BCUT2D eigenvalue weighted by Crippen LogP contribution is 2.24. The molecule has 0 bridgehead atoms. The minimum Gasteiger partial charge on any atom is -0.339 e. The van der Waals surface area contributed by atoms with Crippen molar-refractivity contribution in [2.45, 2.75) is 51.1 Å². The Labute approximate surface area is 104 Å². The van der Waals surface area contributed by atoms with Crippen LogP contribution in [0.4, 0.5) is 0 Å². The Hall–Kier alpha value is -0.610. The van der Waals surface area contributed by atoms with Gasteiger partial charge in [0.15, 0.2) is 0 Å². The van der Waals surface area contributed by atoms with E-state index in [1.165, 1.54) is 25.7 Å². The van der Waals surface area contributed by atoms with E-state index in [0.717, 1.165) is 32.2 Å². The van der Waals surface area contributed by atoms with Crippen LogP contribution in [0.25, 0.3) is 0 Å². The van der Waals surface area contributed by atoms with Gasteiger partial charge in [0.2, 0.25) is 5.91 Å². The fourth-order valence-corrected chi connectivity index (χ4v) is 2.97. The summed E-state index contributed by atoms with van der Waals surface area (Å²) < 4.78 is 0. The van der Waals surface area contributed by atoms with Gasteiger partial charge in [0, 0.05) is 32.2 Å². The largest absolute Gasteiger partial charge is 0.339 e. The molecule has 1 heterocycles. The first kappa shape index (κ1) is 12.8. The van der Waals surface area contributed by atoms with Crippen molar-refractivity contribution in [3.63, 3.8) is 0 Å². The Morgan fingerprint density at radius 2 is 1.65 bits per heavy atom. The van der Waals surface area contributed by atoms with E-state index in [4.69, 9.17) is 5.73 Å². The Bertz CT molecular complexity index is 271. The molecule has 2 aliphatic rings. The summed E-state index contributed by atoms with van der Waals surface area (Å²) >= 11 is 0. The van der Waals surface area contributed by atoms with E-state index < -0.39 is 5.54 Å². The maximum atomic E-state index is 12.0. The van der Waals surface area contributed by atoms with Gasteiger partial charge >= 0.3 is 0 Å². The third kappa shape index (κ3) is 2.99. The van der Waals surface area contributed by atoms with Gasteiger partial charge in [-0.2, -0.15) is 0 Å². The van der Waals surface area contributed by atoms with Crippen molar-refractivity contribution in [1.82, 2.24) is 9.80 Å². The maximum Gasteiger partial charge on any atom is 0.242 e. The molecular formula is C13H25N3O. The Kier molecular flexibility index (Phi) is 3.73. The molecule has 0 atom stereocenters. The number of piperazine rings is 1. The van der Waals surface area contributed by atoms with E-state index >= 15 is 0 Å². The number of nitrogens with two attached hydrogens (primary N) is 1. The average Bonchev–Trinajstić information content (AvgIpc) is 2.80. The van der Waals surface area contributed by atoms with Gasteiger partial charge in [-0.3, -0.25) is 9.69 Å². The number of carbonyl (C=O) groups is 1. The van der Waals surface area contributed by atoms with E-state index in [9.17, 15) is 4.79 Å². The molecule has 0 radical (unpaired) electrons. The zero-order valence-electron chi connectivity index (χ0n) is 11.1. The highest BCUT2D eigenvalue weighted by Gasteiger charge is 2.32. The number of hydrogen-bond donors (Lipinski definition) is 1. The Balaban J connectivity index is 1.83. The predicted octanol–water partition coefficient (Wildman–Crippen LogP) is 0.811. The molecule has 1 amide bonds. The van der Waals surface area contributed by atoms with Crippen molar-refractivity contribution in [1.29, 1.82) is 0 Å². The number of rotatable bonds is 2. The molecule has 2 rings (SSSR count). The molecule has 17 heavy (non-hydrogen) atoms. The lowest BCUT2D eigenvalue weighted by Gasteiger charge is -2.40. The Morgan fingerprint density at radius 1 is 1.12 bits per heavy atom. The molecule has 98 valence electrons. The van der Waals surface area contributed by atoms with Crippen LogP contribution in [0.3, 0.4) is 0 Å². The molecule has 0 spiro atoms. The molecule has 0 aromatic rings. The number of hydrogen-bond acceptors (Lipinski definition) is 3. The SMILES string of the molecule is CC(C)(N)C(=O)N1CCN(C2CCCC2)CC1. The monoisotopic (exact) mass is 239 g/mol. The second-order valence-corrected chi connectivity index (χ2v) is 5.99. The Morgan fingerprint density at radius 3 is 2.12 bits per heavy atom. The lowest BCUT2D eigenvalue weighted by molar-refractivity contribution is -0.137. The van der Waals surface area contributed by atoms with Crippen LogP contribution in [-0.4, -0.2) is 53.5 Å². The third-order valence-electron chi connectivity index (χ3n) is 3.99. The predicted molar refractivity (Wildman–Crippen MR) is 68.7 cm³/mol. The molecular weight excluding hydrogens is 214 g/mol. The van der Waals surface area contributed by atoms with E-state index in [-0.39, 0.29) is 5.91 Å². The summed E-state index contributed by atoms with van der Waals surface area (Å²) in [4.78, 5) is 16.5. The summed E-state index contributed by atoms with van der Waals surface area (Å²) in [6.07, 6.45) is 5.44. The second kappa shape index (κ2) is 4.94. The quantitative estimate of drug-likeness (QED) is 0.776. The van der Waals surface area contributed by atoms with Crippen molar-refractivity contribution in [2.75, 3.05) is 26.2 Å². The standard InChI is InChI=1S/C13H25N3O/c1-13(2,14)12(17)16-9-7-15(8-10-16)11-5-3-4-6-11/h11H,3-10,14H2,1-2H3. The van der Waals surface area contributed by atoms with Gasteiger partial charge < -0.3 is 10.6 Å². The molecule has 0 aromatic carbocycles. The van der Waals surface area contributed by atoms with Gasteiger partial charge in [-0.1, -0.05) is 12.8 Å². The first-order chi connectivity index (χ1) is 7.98. The van der Waals surface area contributed by atoms with E-state index in [1.807, 2.05) is 4.90 Å². The topological polar surface area (TPSA) is 49.6 Å². The summed E-state index contributed by atoms with van der Waals surface area (Å²) in [6.45, 7) is 7.31. The summed E-state index contributed by atoms with van der Waals surface area (Å²) in [5.74, 6) is 0.0866. The zero-order valence-corrected chi connectivity index (χ0v) is 11.1. The van der Waals surface area contributed by atoms with E-state index in [1.54, 1.807) is 13.8 Å². The minimum atomic E-state index is -0.727. The van der Waals surface area contributed by atoms with Crippen molar-refractivity contribution in [3.05, 3.63) is 0 Å². The third-order valence-corrected chi connectivity index (χ3v) is 3.99. The van der Waals surface area contributed by atoms with Crippen molar-refractivity contribution >= 4 is 5.91 Å². The molecule has 0 aromatic heterocycles. The fraction of sp³-hybridized carbons (Fsp3) is 0.923. The molecule has 2 N–H and O–H groups in total. The molecule has 1 saturated carbocycles. The molecule has 2 fully saturated rings. The van der Waals surface area contributed by atoms with Gasteiger partial charge in [-0.15, -0.1) is 0 Å². The molecule has 4 heteroatoms. The molecule has 1 aliphatic heterocycles. The van der Waals surface area contributed by atoms with Crippen LogP contribution >= 0.6 is 0 Å². The van der Waals surface area contributed by atoms with Gasteiger partial charge in [0.05, 0.1) is 5.54 Å². The van der Waals surface area contributed by atoms with Gasteiger partial charge in [-0.05, 0) is 26.7 Å². The average molecular weight is 239 g/mol. The van der Waals surface area contributed by atoms with E-state index in [2.05, 4.69) is 4.90 Å². The minimum absolute atomic E-state index is 0.0866. The smallest absolute Gasteiger partial charge is 0.242 e. The van der Waals surface area contributed by atoms with Gasteiger partial charge in [0.1, 0.15) is 0 Å².